The quantitative estimate of drug-likeness (QED) is 0.661. The SMILES string of the molecule is CS(=O)(=O)c1cccc(NCC2CCC2)c1[N+](=O)[O-]. The first-order chi connectivity index (χ1) is 8.89. The Morgan fingerprint density at radius 3 is 2.58 bits per heavy atom. The van der Waals surface area contributed by atoms with Crippen molar-refractivity contribution in [2.75, 3.05) is 18.1 Å². The molecule has 104 valence electrons. The van der Waals surface area contributed by atoms with Crippen molar-refractivity contribution in [2.24, 2.45) is 5.92 Å². The molecule has 1 aromatic rings. The minimum Gasteiger partial charge on any atom is -0.379 e. The zero-order valence-electron chi connectivity index (χ0n) is 10.6. The molecule has 1 saturated carbocycles. The van der Waals surface area contributed by atoms with Crippen molar-refractivity contribution in [3.8, 4) is 0 Å². The predicted octanol–water partition coefficient (Wildman–Crippen LogP) is 2.21. The standard InChI is InChI=1S/C12H16N2O4S/c1-19(17,18)11-7-3-6-10(12(11)14(15)16)13-8-9-4-2-5-9/h3,6-7,9,13H,2,4-5,8H2,1H3. The van der Waals surface area contributed by atoms with Crippen LogP contribution in [0.4, 0.5) is 11.4 Å². The fourth-order valence-electron chi connectivity index (χ4n) is 2.10. The normalized spacial score (nSPS) is 15.8. The van der Waals surface area contributed by atoms with Crippen molar-refractivity contribution in [3.63, 3.8) is 0 Å². The molecule has 0 radical (unpaired) electrons. The van der Waals surface area contributed by atoms with Crippen molar-refractivity contribution < 1.29 is 13.3 Å². The van der Waals surface area contributed by atoms with Gasteiger partial charge in [0.15, 0.2) is 9.84 Å². The second kappa shape index (κ2) is 5.16. The summed E-state index contributed by atoms with van der Waals surface area (Å²) in [5.74, 6) is 0.529. The Morgan fingerprint density at radius 1 is 1.42 bits per heavy atom. The highest BCUT2D eigenvalue weighted by atomic mass is 32.2. The first-order valence-corrected chi connectivity index (χ1v) is 8.00. The van der Waals surface area contributed by atoms with Gasteiger partial charge in [-0.1, -0.05) is 12.5 Å². The Morgan fingerprint density at radius 2 is 2.11 bits per heavy atom. The predicted molar refractivity (Wildman–Crippen MR) is 72.0 cm³/mol. The highest BCUT2D eigenvalue weighted by Crippen LogP contribution is 2.33. The molecule has 0 aliphatic heterocycles. The van der Waals surface area contributed by atoms with Gasteiger partial charge in [-0.15, -0.1) is 0 Å². The van der Waals surface area contributed by atoms with Crippen LogP contribution in [-0.4, -0.2) is 26.1 Å². The second-order valence-electron chi connectivity index (χ2n) is 4.86. The Hall–Kier alpha value is -1.63. The third kappa shape index (κ3) is 3.04. The van der Waals surface area contributed by atoms with Crippen LogP contribution in [0.25, 0.3) is 0 Å². The average Bonchev–Trinajstić information content (AvgIpc) is 2.25. The lowest BCUT2D eigenvalue weighted by atomic mass is 9.85. The molecule has 1 aromatic carbocycles. The van der Waals surface area contributed by atoms with E-state index in [9.17, 15) is 18.5 Å². The number of nitro groups is 1. The van der Waals surface area contributed by atoms with Gasteiger partial charge in [0.1, 0.15) is 10.6 Å². The zero-order chi connectivity index (χ0) is 14.0. The van der Waals surface area contributed by atoms with Gasteiger partial charge in [-0.2, -0.15) is 0 Å². The lowest BCUT2D eigenvalue weighted by molar-refractivity contribution is -0.386. The van der Waals surface area contributed by atoms with E-state index >= 15 is 0 Å². The number of anilines is 1. The van der Waals surface area contributed by atoms with Gasteiger partial charge in [0, 0.05) is 12.8 Å². The van der Waals surface area contributed by atoms with E-state index in [4.69, 9.17) is 0 Å². The van der Waals surface area contributed by atoms with Crippen LogP contribution < -0.4 is 5.32 Å². The average molecular weight is 284 g/mol. The number of nitrogens with one attached hydrogen (secondary N) is 1. The Kier molecular flexibility index (Phi) is 3.75. The van der Waals surface area contributed by atoms with Crippen LogP contribution in [0.2, 0.25) is 0 Å². The van der Waals surface area contributed by atoms with Gasteiger partial charge in [-0.3, -0.25) is 10.1 Å². The van der Waals surface area contributed by atoms with Gasteiger partial charge >= 0.3 is 5.69 Å². The molecule has 6 nitrogen and oxygen atoms in total. The molecular weight excluding hydrogens is 268 g/mol. The summed E-state index contributed by atoms with van der Waals surface area (Å²) in [4.78, 5) is 10.2. The maximum atomic E-state index is 11.6. The van der Waals surface area contributed by atoms with Gasteiger partial charge in [0.25, 0.3) is 0 Å². The second-order valence-corrected chi connectivity index (χ2v) is 6.84. The van der Waals surface area contributed by atoms with Crippen LogP contribution in [0, 0.1) is 16.0 Å². The largest absolute Gasteiger partial charge is 0.379 e. The van der Waals surface area contributed by atoms with Gasteiger partial charge in [0.2, 0.25) is 0 Å². The third-order valence-corrected chi connectivity index (χ3v) is 4.52. The molecule has 0 unspecified atom stereocenters. The molecule has 1 fully saturated rings. The highest BCUT2D eigenvalue weighted by molar-refractivity contribution is 7.90. The van der Waals surface area contributed by atoms with E-state index in [1.807, 2.05) is 0 Å². The molecule has 0 spiro atoms. The summed E-state index contributed by atoms with van der Waals surface area (Å²) < 4.78 is 23.2. The van der Waals surface area contributed by atoms with E-state index in [-0.39, 0.29) is 16.3 Å². The van der Waals surface area contributed by atoms with Crippen LogP contribution in [0.15, 0.2) is 23.1 Å². The fraction of sp³-hybridized carbons (Fsp3) is 0.500. The highest BCUT2D eigenvalue weighted by Gasteiger charge is 2.26. The van der Waals surface area contributed by atoms with Crippen LogP contribution in [-0.2, 0) is 9.84 Å². The van der Waals surface area contributed by atoms with E-state index in [1.54, 1.807) is 6.07 Å². The molecule has 0 heterocycles. The van der Waals surface area contributed by atoms with Crippen LogP contribution in [0.5, 0.6) is 0 Å². The van der Waals surface area contributed by atoms with E-state index < -0.39 is 14.8 Å². The molecule has 19 heavy (non-hydrogen) atoms. The van der Waals surface area contributed by atoms with Gasteiger partial charge in [-0.05, 0) is 30.9 Å². The first kappa shape index (κ1) is 13.8. The van der Waals surface area contributed by atoms with Crippen molar-refractivity contribution in [2.45, 2.75) is 24.2 Å². The smallest absolute Gasteiger partial charge is 0.310 e. The van der Waals surface area contributed by atoms with Gasteiger partial charge in [-0.25, -0.2) is 8.42 Å². The van der Waals surface area contributed by atoms with Crippen LogP contribution >= 0.6 is 0 Å². The molecule has 0 bridgehead atoms. The van der Waals surface area contributed by atoms with Crippen molar-refractivity contribution in [1.82, 2.24) is 0 Å². The molecule has 1 aliphatic rings. The number of rotatable bonds is 5. The number of hydrogen-bond acceptors (Lipinski definition) is 5. The van der Waals surface area contributed by atoms with Crippen molar-refractivity contribution in [3.05, 3.63) is 28.3 Å². The van der Waals surface area contributed by atoms with E-state index in [2.05, 4.69) is 5.32 Å². The van der Waals surface area contributed by atoms with E-state index in [0.717, 1.165) is 19.1 Å². The maximum absolute atomic E-state index is 11.6. The number of sulfone groups is 1. The Bertz CT molecular complexity index is 594. The summed E-state index contributed by atoms with van der Waals surface area (Å²) in [6, 6.07) is 4.33. The minimum absolute atomic E-state index is 0.240. The molecule has 1 N–H and O–H groups in total. The summed E-state index contributed by atoms with van der Waals surface area (Å²) >= 11 is 0. The van der Waals surface area contributed by atoms with Gasteiger partial charge < -0.3 is 5.32 Å². The summed E-state index contributed by atoms with van der Waals surface area (Å²) in [6.07, 6.45) is 4.40. The molecule has 2 rings (SSSR count). The third-order valence-electron chi connectivity index (χ3n) is 3.39. The molecule has 1 aliphatic carbocycles. The summed E-state index contributed by atoms with van der Waals surface area (Å²) in [7, 11) is -3.61. The number of para-hydroxylation sites is 1. The number of nitro benzene ring substituents is 1. The van der Waals surface area contributed by atoms with Crippen molar-refractivity contribution >= 4 is 21.2 Å². The number of nitrogens with zero attached hydrogens (tertiary/aromatic N) is 1. The van der Waals surface area contributed by atoms with Crippen molar-refractivity contribution in [1.29, 1.82) is 0 Å². The number of hydrogen-bond donors (Lipinski definition) is 1. The lowest BCUT2D eigenvalue weighted by Gasteiger charge is -2.25. The minimum atomic E-state index is -3.61. The molecule has 0 amide bonds. The Labute approximate surface area is 111 Å². The van der Waals surface area contributed by atoms with Gasteiger partial charge in [0.05, 0.1) is 4.92 Å². The molecule has 0 aromatic heterocycles. The molecule has 0 saturated heterocycles. The molecule has 0 atom stereocenters. The summed E-state index contributed by atoms with van der Waals surface area (Å²) in [6.45, 7) is 0.647. The summed E-state index contributed by atoms with van der Waals surface area (Å²) in [5.41, 5.74) is -0.0795. The Balaban J connectivity index is 2.33. The molecular formula is C12H16N2O4S. The summed E-state index contributed by atoms with van der Waals surface area (Å²) in [5, 5.41) is 14.1. The van der Waals surface area contributed by atoms with E-state index in [0.29, 0.717) is 12.5 Å². The fourth-order valence-corrected chi connectivity index (χ4v) is 2.97. The monoisotopic (exact) mass is 284 g/mol. The zero-order valence-corrected chi connectivity index (χ0v) is 11.4. The lowest BCUT2D eigenvalue weighted by Crippen LogP contribution is -2.21. The molecule has 7 heteroatoms. The maximum Gasteiger partial charge on any atom is 0.310 e. The number of benzene rings is 1. The van der Waals surface area contributed by atoms with Crippen LogP contribution in [0.3, 0.4) is 0 Å². The van der Waals surface area contributed by atoms with E-state index in [1.165, 1.54) is 18.6 Å². The topological polar surface area (TPSA) is 89.3 Å². The van der Waals surface area contributed by atoms with Crippen LogP contribution in [0.1, 0.15) is 19.3 Å². The first-order valence-electron chi connectivity index (χ1n) is 6.11.